The fourth-order valence-electron chi connectivity index (χ4n) is 1.80. The molecule has 19 heavy (non-hydrogen) atoms. The third kappa shape index (κ3) is 2.82. The van der Waals surface area contributed by atoms with Crippen molar-refractivity contribution >= 4 is 40.9 Å². The zero-order valence-electron chi connectivity index (χ0n) is 10.1. The Morgan fingerprint density at radius 2 is 2.21 bits per heavy atom. The molecule has 1 aliphatic rings. The molecule has 0 saturated heterocycles. The highest BCUT2D eigenvalue weighted by Crippen LogP contribution is 2.34. The lowest BCUT2D eigenvalue weighted by atomic mass is 9.94. The molecule has 0 aromatic heterocycles. The first kappa shape index (κ1) is 14.1. The average molecular weight is 299 g/mol. The second-order valence-corrected chi connectivity index (χ2v) is 5.45. The van der Waals surface area contributed by atoms with Crippen molar-refractivity contribution < 1.29 is 19.1 Å². The van der Waals surface area contributed by atoms with Crippen molar-refractivity contribution in [3.63, 3.8) is 0 Å². The zero-order chi connectivity index (χ0) is 14.0. The van der Waals surface area contributed by atoms with Crippen LogP contribution in [0.15, 0.2) is 23.1 Å². The Labute approximate surface area is 119 Å². The van der Waals surface area contributed by atoms with Gasteiger partial charge in [0.25, 0.3) is 5.78 Å². The molecule has 1 aromatic rings. The molecule has 6 heteroatoms. The van der Waals surface area contributed by atoms with E-state index < -0.39 is 17.7 Å². The molecule has 0 spiro atoms. The minimum Gasteiger partial charge on any atom is -0.460 e. The Morgan fingerprint density at radius 1 is 1.47 bits per heavy atom. The summed E-state index contributed by atoms with van der Waals surface area (Å²) in [5, 5.41) is 0.428. The van der Waals surface area contributed by atoms with Crippen LogP contribution in [0.2, 0.25) is 5.02 Å². The minimum absolute atomic E-state index is 0.112. The van der Waals surface area contributed by atoms with Crippen molar-refractivity contribution in [2.75, 3.05) is 12.4 Å². The summed E-state index contributed by atoms with van der Waals surface area (Å²) in [7, 11) is 0. The van der Waals surface area contributed by atoms with Crippen LogP contribution in [-0.4, -0.2) is 29.9 Å². The number of fused-ring (bicyclic) bond motifs is 1. The van der Waals surface area contributed by atoms with Crippen LogP contribution in [0.4, 0.5) is 0 Å². The zero-order valence-corrected chi connectivity index (χ0v) is 11.7. The van der Waals surface area contributed by atoms with Gasteiger partial charge in [-0.2, -0.15) is 0 Å². The van der Waals surface area contributed by atoms with Crippen molar-refractivity contribution in [2.45, 2.75) is 11.8 Å². The van der Waals surface area contributed by atoms with Crippen molar-refractivity contribution in [3.8, 4) is 0 Å². The highest BCUT2D eigenvalue weighted by molar-refractivity contribution is 7.99. The van der Waals surface area contributed by atoms with Gasteiger partial charge in [0.15, 0.2) is 5.78 Å². The maximum atomic E-state index is 12.2. The highest BCUT2D eigenvalue weighted by Gasteiger charge is 2.37. The Hall–Kier alpha value is -1.33. The average Bonchev–Trinajstić information content (AvgIpc) is 2.39. The molecule has 1 heterocycles. The van der Waals surface area contributed by atoms with E-state index in [1.807, 2.05) is 0 Å². The molecule has 4 nitrogen and oxygen atoms in total. The summed E-state index contributed by atoms with van der Waals surface area (Å²) in [6.07, 6.45) is 0. The van der Waals surface area contributed by atoms with Crippen LogP contribution in [0, 0.1) is 5.92 Å². The van der Waals surface area contributed by atoms with Gasteiger partial charge < -0.3 is 4.74 Å². The van der Waals surface area contributed by atoms with E-state index in [9.17, 15) is 14.4 Å². The predicted molar refractivity (Wildman–Crippen MR) is 71.6 cm³/mol. The van der Waals surface area contributed by atoms with Crippen LogP contribution in [0.3, 0.4) is 0 Å². The number of carbonyl (C=O) groups excluding carboxylic acids is 3. The number of thioether (sulfide) groups is 1. The quantitative estimate of drug-likeness (QED) is 0.487. The fourth-order valence-corrected chi connectivity index (χ4v) is 3.10. The summed E-state index contributed by atoms with van der Waals surface area (Å²) in [6, 6.07) is 4.95. The number of benzene rings is 1. The summed E-state index contributed by atoms with van der Waals surface area (Å²) >= 11 is 7.21. The Bertz CT molecular complexity index is 556. The SMILES string of the molecule is CCOC(=O)C(=O)C1CSc2ccc(Cl)cc2C1=O. The molecule has 0 fully saturated rings. The van der Waals surface area contributed by atoms with E-state index in [0.717, 1.165) is 4.90 Å². The van der Waals surface area contributed by atoms with Crippen LogP contribution < -0.4 is 0 Å². The molecule has 0 bridgehead atoms. The number of hydrogen-bond acceptors (Lipinski definition) is 5. The molecular weight excluding hydrogens is 288 g/mol. The number of ketones is 2. The maximum absolute atomic E-state index is 12.2. The third-order valence-corrected chi connectivity index (χ3v) is 4.12. The van der Waals surface area contributed by atoms with E-state index in [-0.39, 0.29) is 18.1 Å². The minimum atomic E-state index is -0.977. The number of ether oxygens (including phenoxy) is 1. The predicted octanol–water partition coefficient (Wildman–Crippen LogP) is 2.38. The maximum Gasteiger partial charge on any atom is 0.375 e. The molecule has 1 aromatic carbocycles. The summed E-state index contributed by atoms with van der Waals surface area (Å²) < 4.78 is 4.64. The lowest BCUT2D eigenvalue weighted by Crippen LogP contribution is -2.35. The molecule has 2 rings (SSSR count). The van der Waals surface area contributed by atoms with Gasteiger partial charge >= 0.3 is 5.97 Å². The molecule has 0 aliphatic carbocycles. The normalized spacial score (nSPS) is 17.8. The van der Waals surface area contributed by atoms with Gasteiger partial charge in [0.05, 0.1) is 6.61 Å². The topological polar surface area (TPSA) is 60.4 Å². The van der Waals surface area contributed by atoms with E-state index >= 15 is 0 Å². The fraction of sp³-hybridized carbons (Fsp3) is 0.308. The smallest absolute Gasteiger partial charge is 0.375 e. The van der Waals surface area contributed by atoms with Gasteiger partial charge in [0.2, 0.25) is 0 Å². The van der Waals surface area contributed by atoms with Gasteiger partial charge in [-0.3, -0.25) is 9.59 Å². The van der Waals surface area contributed by atoms with E-state index in [0.29, 0.717) is 10.6 Å². The van der Waals surface area contributed by atoms with E-state index in [1.165, 1.54) is 17.8 Å². The second-order valence-electron chi connectivity index (χ2n) is 3.95. The van der Waals surface area contributed by atoms with E-state index in [4.69, 9.17) is 11.6 Å². The summed E-state index contributed by atoms with van der Waals surface area (Å²) in [5.41, 5.74) is 0.395. The van der Waals surface area contributed by atoms with Crippen LogP contribution >= 0.6 is 23.4 Å². The first-order valence-electron chi connectivity index (χ1n) is 5.72. The largest absolute Gasteiger partial charge is 0.460 e. The molecular formula is C13H11ClO4S. The molecule has 100 valence electrons. The number of carbonyl (C=O) groups is 3. The monoisotopic (exact) mass is 298 g/mol. The van der Waals surface area contributed by atoms with Gasteiger partial charge in [-0.25, -0.2) is 4.79 Å². The third-order valence-electron chi connectivity index (χ3n) is 2.72. The van der Waals surface area contributed by atoms with Crippen molar-refractivity contribution in [1.82, 2.24) is 0 Å². The van der Waals surface area contributed by atoms with Gasteiger partial charge in [-0.15, -0.1) is 11.8 Å². The summed E-state index contributed by atoms with van der Waals surface area (Å²) in [5.74, 6) is -2.83. The Balaban J connectivity index is 2.26. The second kappa shape index (κ2) is 5.75. The van der Waals surface area contributed by atoms with Crippen molar-refractivity contribution in [3.05, 3.63) is 28.8 Å². The molecule has 0 radical (unpaired) electrons. The lowest BCUT2D eigenvalue weighted by molar-refractivity contribution is -0.154. The Morgan fingerprint density at radius 3 is 2.89 bits per heavy atom. The lowest BCUT2D eigenvalue weighted by Gasteiger charge is -2.21. The molecule has 0 amide bonds. The standard InChI is InChI=1S/C13H11ClO4S/c1-2-18-13(17)12(16)9-6-19-10-4-3-7(14)5-8(10)11(9)15/h3-5,9H,2,6H2,1H3. The van der Waals surface area contributed by atoms with Crippen LogP contribution in [0.5, 0.6) is 0 Å². The van der Waals surface area contributed by atoms with E-state index in [1.54, 1.807) is 19.1 Å². The number of Topliss-reactive ketones (excluding diaryl/α,β-unsaturated/α-hetero) is 2. The molecule has 0 saturated carbocycles. The van der Waals surface area contributed by atoms with Gasteiger partial charge in [0, 0.05) is 21.2 Å². The molecule has 0 N–H and O–H groups in total. The molecule has 1 aliphatic heterocycles. The number of halogens is 1. The van der Waals surface area contributed by atoms with E-state index in [2.05, 4.69) is 4.74 Å². The molecule has 1 atom stereocenters. The number of esters is 1. The van der Waals surface area contributed by atoms with Crippen LogP contribution in [0.25, 0.3) is 0 Å². The summed E-state index contributed by atoms with van der Waals surface area (Å²) in [4.78, 5) is 36.3. The number of rotatable bonds is 3. The van der Waals surface area contributed by atoms with Gasteiger partial charge in [-0.05, 0) is 25.1 Å². The van der Waals surface area contributed by atoms with Gasteiger partial charge in [0.1, 0.15) is 5.92 Å². The molecule has 1 unspecified atom stereocenters. The Kier molecular flexibility index (Phi) is 4.27. The van der Waals surface area contributed by atoms with Crippen molar-refractivity contribution in [2.24, 2.45) is 5.92 Å². The first-order valence-corrected chi connectivity index (χ1v) is 7.08. The van der Waals surface area contributed by atoms with Gasteiger partial charge in [-0.1, -0.05) is 11.6 Å². The van der Waals surface area contributed by atoms with Crippen LogP contribution in [-0.2, 0) is 14.3 Å². The van der Waals surface area contributed by atoms with Crippen molar-refractivity contribution in [1.29, 1.82) is 0 Å². The van der Waals surface area contributed by atoms with Crippen LogP contribution in [0.1, 0.15) is 17.3 Å². The summed E-state index contributed by atoms with van der Waals surface area (Å²) in [6.45, 7) is 1.72. The number of hydrogen-bond donors (Lipinski definition) is 0. The highest BCUT2D eigenvalue weighted by atomic mass is 35.5. The first-order chi connectivity index (χ1) is 9.04.